The van der Waals surface area contributed by atoms with Gasteiger partial charge in [-0.15, -0.1) is 11.6 Å². The standard InChI is InChI=1S/C8H12ClFO/c9-6-8(10)7(2-1-3-7)4-5-11-8/h1-6H2. The molecular formula is C8H12ClFO. The van der Waals surface area contributed by atoms with Gasteiger partial charge in [0.1, 0.15) is 0 Å². The summed E-state index contributed by atoms with van der Waals surface area (Å²) in [5, 5.41) is 0. The molecule has 1 saturated carbocycles. The second-order valence-electron chi connectivity index (χ2n) is 3.59. The highest BCUT2D eigenvalue weighted by Crippen LogP contribution is 2.58. The number of alkyl halides is 2. The van der Waals surface area contributed by atoms with E-state index >= 15 is 0 Å². The zero-order valence-corrected chi connectivity index (χ0v) is 7.16. The van der Waals surface area contributed by atoms with Gasteiger partial charge in [-0.25, -0.2) is 4.39 Å². The van der Waals surface area contributed by atoms with Crippen molar-refractivity contribution in [3.63, 3.8) is 0 Å². The molecule has 64 valence electrons. The average Bonchev–Trinajstić information content (AvgIpc) is 2.27. The predicted octanol–water partition coefficient (Wildman–Crippen LogP) is 2.48. The molecule has 0 bridgehead atoms. The number of halogens is 2. The first kappa shape index (κ1) is 7.81. The average molecular weight is 179 g/mol. The summed E-state index contributed by atoms with van der Waals surface area (Å²) in [6.45, 7) is 0.545. The molecule has 0 amide bonds. The van der Waals surface area contributed by atoms with Crippen LogP contribution >= 0.6 is 11.6 Å². The number of hydrogen-bond acceptors (Lipinski definition) is 1. The van der Waals surface area contributed by atoms with Gasteiger partial charge in [-0.1, -0.05) is 6.42 Å². The molecule has 1 spiro atoms. The smallest absolute Gasteiger partial charge is 0.228 e. The van der Waals surface area contributed by atoms with E-state index in [9.17, 15) is 4.39 Å². The monoisotopic (exact) mass is 178 g/mol. The Balaban J connectivity index is 2.19. The van der Waals surface area contributed by atoms with E-state index in [-0.39, 0.29) is 11.3 Å². The summed E-state index contributed by atoms with van der Waals surface area (Å²) < 4.78 is 18.8. The Labute approximate surface area is 70.9 Å². The first-order valence-electron chi connectivity index (χ1n) is 4.11. The minimum Gasteiger partial charge on any atom is -0.344 e. The molecule has 1 nitrogen and oxygen atoms in total. The lowest BCUT2D eigenvalue weighted by Crippen LogP contribution is -2.47. The minimum atomic E-state index is -1.51. The molecule has 1 unspecified atom stereocenters. The summed E-state index contributed by atoms with van der Waals surface area (Å²) in [5.74, 6) is -1.51. The van der Waals surface area contributed by atoms with Gasteiger partial charge in [-0.05, 0) is 19.3 Å². The Bertz CT molecular complexity index is 160. The van der Waals surface area contributed by atoms with Gasteiger partial charge < -0.3 is 4.74 Å². The largest absolute Gasteiger partial charge is 0.344 e. The van der Waals surface area contributed by atoms with Crippen LogP contribution in [0.5, 0.6) is 0 Å². The lowest BCUT2D eigenvalue weighted by atomic mass is 9.64. The van der Waals surface area contributed by atoms with E-state index in [1.165, 1.54) is 0 Å². The van der Waals surface area contributed by atoms with Crippen LogP contribution in [0.15, 0.2) is 0 Å². The molecular weight excluding hydrogens is 167 g/mol. The molecule has 0 N–H and O–H groups in total. The van der Waals surface area contributed by atoms with Crippen LogP contribution in [0.1, 0.15) is 25.7 Å². The van der Waals surface area contributed by atoms with E-state index in [2.05, 4.69) is 0 Å². The molecule has 0 aromatic rings. The first-order chi connectivity index (χ1) is 5.22. The van der Waals surface area contributed by atoms with E-state index in [4.69, 9.17) is 16.3 Å². The van der Waals surface area contributed by atoms with Crippen molar-refractivity contribution in [3.8, 4) is 0 Å². The van der Waals surface area contributed by atoms with Gasteiger partial charge in [0.2, 0.25) is 5.85 Å². The third-order valence-corrected chi connectivity index (χ3v) is 3.53. The highest BCUT2D eigenvalue weighted by atomic mass is 35.5. The van der Waals surface area contributed by atoms with E-state index in [0.717, 1.165) is 25.7 Å². The maximum atomic E-state index is 13.8. The SMILES string of the molecule is FC1(CCl)OCCC12CCC2. The van der Waals surface area contributed by atoms with Crippen molar-refractivity contribution >= 4 is 11.6 Å². The van der Waals surface area contributed by atoms with E-state index in [0.29, 0.717) is 6.61 Å². The zero-order chi connectivity index (χ0) is 7.95. The van der Waals surface area contributed by atoms with E-state index < -0.39 is 5.85 Å². The maximum absolute atomic E-state index is 13.8. The molecule has 1 aliphatic heterocycles. The van der Waals surface area contributed by atoms with Crippen molar-refractivity contribution in [2.75, 3.05) is 12.5 Å². The van der Waals surface area contributed by atoms with Crippen molar-refractivity contribution in [2.45, 2.75) is 31.5 Å². The van der Waals surface area contributed by atoms with Crippen molar-refractivity contribution in [2.24, 2.45) is 5.41 Å². The fourth-order valence-corrected chi connectivity index (χ4v) is 2.52. The van der Waals surface area contributed by atoms with Crippen molar-refractivity contribution in [1.29, 1.82) is 0 Å². The van der Waals surface area contributed by atoms with Crippen molar-refractivity contribution in [1.82, 2.24) is 0 Å². The van der Waals surface area contributed by atoms with E-state index in [1.54, 1.807) is 0 Å². The fourth-order valence-electron chi connectivity index (χ4n) is 2.16. The van der Waals surface area contributed by atoms with Crippen LogP contribution in [0, 0.1) is 5.41 Å². The van der Waals surface area contributed by atoms with Gasteiger partial charge in [0.25, 0.3) is 0 Å². The lowest BCUT2D eigenvalue weighted by molar-refractivity contribution is -0.175. The van der Waals surface area contributed by atoms with Crippen LogP contribution in [0.2, 0.25) is 0 Å². The Hall–Kier alpha value is 0.180. The Morgan fingerprint density at radius 3 is 2.45 bits per heavy atom. The molecule has 1 atom stereocenters. The zero-order valence-electron chi connectivity index (χ0n) is 6.41. The summed E-state index contributed by atoms with van der Waals surface area (Å²) in [6, 6.07) is 0. The summed E-state index contributed by atoms with van der Waals surface area (Å²) in [4.78, 5) is 0. The van der Waals surface area contributed by atoms with Crippen molar-refractivity contribution < 1.29 is 9.13 Å². The van der Waals surface area contributed by atoms with Crippen LogP contribution in [-0.2, 0) is 4.74 Å². The molecule has 1 aliphatic carbocycles. The summed E-state index contributed by atoms with van der Waals surface area (Å²) >= 11 is 5.55. The fraction of sp³-hybridized carbons (Fsp3) is 1.00. The van der Waals surface area contributed by atoms with Gasteiger partial charge in [0.15, 0.2) is 0 Å². The summed E-state index contributed by atoms with van der Waals surface area (Å²) in [7, 11) is 0. The molecule has 0 aromatic carbocycles. The molecule has 3 heteroatoms. The van der Waals surface area contributed by atoms with Crippen LogP contribution in [-0.4, -0.2) is 18.3 Å². The van der Waals surface area contributed by atoms with Crippen LogP contribution in [0.4, 0.5) is 4.39 Å². The van der Waals surface area contributed by atoms with Crippen LogP contribution in [0.3, 0.4) is 0 Å². The van der Waals surface area contributed by atoms with Gasteiger partial charge in [0.05, 0.1) is 12.5 Å². The molecule has 2 aliphatic rings. The number of hydrogen-bond donors (Lipinski definition) is 0. The number of ether oxygens (including phenoxy) is 1. The second-order valence-corrected chi connectivity index (χ2v) is 3.86. The van der Waals surface area contributed by atoms with Crippen molar-refractivity contribution in [3.05, 3.63) is 0 Å². The Kier molecular flexibility index (Phi) is 1.66. The molecule has 1 saturated heterocycles. The molecule has 0 aromatic heterocycles. The normalized spacial score (nSPS) is 40.9. The molecule has 2 rings (SSSR count). The topological polar surface area (TPSA) is 9.23 Å². The summed E-state index contributed by atoms with van der Waals surface area (Å²) in [6.07, 6.45) is 3.90. The van der Waals surface area contributed by atoms with Crippen LogP contribution < -0.4 is 0 Å². The van der Waals surface area contributed by atoms with Crippen LogP contribution in [0.25, 0.3) is 0 Å². The maximum Gasteiger partial charge on any atom is 0.228 e. The minimum absolute atomic E-state index is 0.00694. The van der Waals surface area contributed by atoms with Gasteiger partial charge >= 0.3 is 0 Å². The highest BCUT2D eigenvalue weighted by Gasteiger charge is 2.59. The number of rotatable bonds is 1. The van der Waals surface area contributed by atoms with E-state index in [1.807, 2.05) is 0 Å². The predicted molar refractivity (Wildman–Crippen MR) is 41.4 cm³/mol. The quantitative estimate of drug-likeness (QED) is 0.561. The summed E-state index contributed by atoms with van der Waals surface area (Å²) in [5.41, 5.74) is -0.200. The molecule has 1 heterocycles. The molecule has 2 fully saturated rings. The molecule has 11 heavy (non-hydrogen) atoms. The lowest BCUT2D eigenvalue weighted by Gasteiger charge is -2.44. The Morgan fingerprint density at radius 1 is 1.36 bits per heavy atom. The first-order valence-corrected chi connectivity index (χ1v) is 4.65. The third-order valence-electron chi connectivity index (χ3n) is 3.19. The van der Waals surface area contributed by atoms with Gasteiger partial charge in [0, 0.05) is 5.41 Å². The second kappa shape index (κ2) is 2.33. The molecule has 0 radical (unpaired) electrons. The Morgan fingerprint density at radius 2 is 2.09 bits per heavy atom. The van der Waals surface area contributed by atoms with Gasteiger partial charge in [-0.2, -0.15) is 0 Å². The third kappa shape index (κ3) is 0.858. The van der Waals surface area contributed by atoms with Gasteiger partial charge in [-0.3, -0.25) is 0 Å². The highest BCUT2D eigenvalue weighted by molar-refractivity contribution is 6.18.